The quantitative estimate of drug-likeness (QED) is 0.433. The first kappa shape index (κ1) is 24.3. The maximum atomic E-state index is 12.5. The number of rotatable bonds is 9. The molecule has 2 heterocycles. The number of anilines is 1. The van der Waals surface area contributed by atoms with Gasteiger partial charge in [-0.2, -0.15) is 0 Å². The van der Waals surface area contributed by atoms with Gasteiger partial charge in [-0.3, -0.25) is 4.79 Å². The van der Waals surface area contributed by atoms with Gasteiger partial charge in [0.2, 0.25) is 5.95 Å². The highest BCUT2D eigenvalue weighted by molar-refractivity contribution is 5.95. The Hall–Kier alpha value is -3.79. The molecule has 0 radical (unpaired) electrons. The fourth-order valence-electron chi connectivity index (χ4n) is 3.59. The number of aliphatic hydroxyl groups is 1. The van der Waals surface area contributed by atoms with Crippen LogP contribution in [0.25, 0.3) is 6.08 Å². The smallest absolute Gasteiger partial charge is 0.258 e. The first-order valence-corrected chi connectivity index (χ1v) is 11.6. The number of carbonyl (C=O) groups excluding carboxylic acids is 1. The van der Waals surface area contributed by atoms with Crippen molar-refractivity contribution in [3.63, 3.8) is 0 Å². The first-order valence-electron chi connectivity index (χ1n) is 11.6. The van der Waals surface area contributed by atoms with E-state index in [2.05, 4.69) is 20.6 Å². The molecule has 2 aliphatic rings. The molecule has 182 valence electrons. The van der Waals surface area contributed by atoms with E-state index in [1.54, 1.807) is 6.08 Å². The number of benzene rings is 1. The summed E-state index contributed by atoms with van der Waals surface area (Å²) in [7, 11) is 0. The highest BCUT2D eigenvalue weighted by Crippen LogP contribution is 2.15. The molecule has 5 N–H and O–H groups in total. The zero-order valence-corrected chi connectivity index (χ0v) is 19.4. The Balaban J connectivity index is 1.34. The van der Waals surface area contributed by atoms with Crippen LogP contribution in [0.1, 0.15) is 22.3 Å². The average molecular weight is 475 g/mol. The molecule has 9 heteroatoms. The van der Waals surface area contributed by atoms with E-state index in [4.69, 9.17) is 10.5 Å². The number of aromatic nitrogens is 2. The monoisotopic (exact) mass is 474 g/mol. The van der Waals surface area contributed by atoms with Gasteiger partial charge in [-0.15, -0.1) is 0 Å². The number of nitrogens with zero attached hydrogens (tertiary/aromatic N) is 3. The predicted molar refractivity (Wildman–Crippen MR) is 135 cm³/mol. The lowest BCUT2D eigenvalue weighted by Gasteiger charge is -2.26. The molecule has 1 amide bonds. The number of aliphatic hydroxyl groups excluding tert-OH is 1. The highest BCUT2D eigenvalue weighted by atomic mass is 16.5. The Labute approximate surface area is 204 Å². The Morgan fingerprint density at radius 3 is 2.83 bits per heavy atom. The average Bonchev–Trinajstić information content (AvgIpc) is 2.91. The Bertz CT molecular complexity index is 1110. The lowest BCUT2D eigenvalue weighted by molar-refractivity contribution is 0.0962. The molecule has 0 saturated carbocycles. The number of carbonyl (C=O) groups is 1. The van der Waals surface area contributed by atoms with E-state index in [1.807, 2.05) is 65.7 Å². The summed E-state index contributed by atoms with van der Waals surface area (Å²) in [4.78, 5) is 23.1. The van der Waals surface area contributed by atoms with Gasteiger partial charge in [-0.05, 0) is 18.1 Å². The molecule has 0 bridgehead atoms. The molecule has 1 aromatic heterocycles. The molecule has 35 heavy (non-hydrogen) atoms. The number of ether oxygens (including phenoxy) is 1. The predicted octanol–water partition coefficient (Wildman–Crippen LogP) is 1.72. The van der Waals surface area contributed by atoms with Gasteiger partial charge >= 0.3 is 0 Å². The molecule has 0 fully saturated rings. The van der Waals surface area contributed by atoms with E-state index in [-0.39, 0.29) is 24.6 Å². The molecule has 2 aromatic rings. The summed E-state index contributed by atoms with van der Waals surface area (Å²) in [6, 6.07) is 9.47. The molecule has 1 aliphatic heterocycles. The number of hydrogen-bond acceptors (Lipinski definition) is 8. The van der Waals surface area contributed by atoms with E-state index < -0.39 is 0 Å². The molecule has 9 nitrogen and oxygen atoms in total. The topological polar surface area (TPSA) is 126 Å². The normalized spacial score (nSPS) is 18.6. The maximum Gasteiger partial charge on any atom is 0.258 e. The lowest BCUT2D eigenvalue weighted by Crippen LogP contribution is -2.36. The minimum atomic E-state index is -0.297. The first-order chi connectivity index (χ1) is 17.1. The number of nitrogens with two attached hydrogens (primary N) is 1. The van der Waals surface area contributed by atoms with Crippen molar-refractivity contribution in [3.05, 3.63) is 95.8 Å². The minimum absolute atomic E-state index is 0.0366. The van der Waals surface area contributed by atoms with Crippen molar-refractivity contribution in [3.8, 4) is 0 Å². The van der Waals surface area contributed by atoms with Gasteiger partial charge in [0.1, 0.15) is 12.4 Å². The molecular weight excluding hydrogens is 444 g/mol. The third-order valence-electron chi connectivity index (χ3n) is 5.59. The Morgan fingerprint density at radius 2 is 2.09 bits per heavy atom. The van der Waals surface area contributed by atoms with E-state index in [0.29, 0.717) is 49.1 Å². The second-order valence-electron chi connectivity index (χ2n) is 8.20. The molecule has 1 aromatic carbocycles. The highest BCUT2D eigenvalue weighted by Gasteiger charge is 2.18. The number of nitrogens with one attached hydrogen (secondary N) is 2. The molecule has 0 spiro atoms. The molecule has 2 atom stereocenters. The molecule has 4 rings (SSSR count). The van der Waals surface area contributed by atoms with E-state index >= 15 is 0 Å². The van der Waals surface area contributed by atoms with Crippen LogP contribution in [-0.4, -0.2) is 59.4 Å². The van der Waals surface area contributed by atoms with Crippen molar-refractivity contribution in [2.45, 2.75) is 18.5 Å². The third kappa shape index (κ3) is 6.86. The summed E-state index contributed by atoms with van der Waals surface area (Å²) in [6.07, 6.45) is 15.0. The van der Waals surface area contributed by atoms with Crippen LogP contribution in [0.15, 0.2) is 84.7 Å². The largest absolute Gasteiger partial charge is 0.493 e. The lowest BCUT2D eigenvalue weighted by atomic mass is 10.1. The van der Waals surface area contributed by atoms with Gasteiger partial charge in [-0.1, -0.05) is 54.6 Å². The van der Waals surface area contributed by atoms with Crippen molar-refractivity contribution >= 4 is 17.9 Å². The molecular formula is C26H30N6O3. The fraction of sp³-hybridized carbons (Fsp3) is 0.269. The van der Waals surface area contributed by atoms with E-state index in [0.717, 1.165) is 5.56 Å². The number of hydrogen-bond donors (Lipinski definition) is 4. The standard InChI is InChI=1S/C26H30N6O3/c27-23-8-4-5-9-24(23)31-25(34)20-14-29-26(30-15-20)32-12-13-35-22(17-32)16-28-21(18-33)11-10-19-6-2-1-3-7-19/h1-7,9-11,14-15,17,21,23,28,33H,8,12-13,16,18,27H2,(H,31,34)/b11-10+. The SMILES string of the molecule is NC1CC=CC=C1NC(=O)c1cnc(N2C=C(CNC(/C=C/c3ccccc3)CO)OCC2)nc1. The summed E-state index contributed by atoms with van der Waals surface area (Å²) in [5, 5.41) is 15.8. The number of amides is 1. The number of allylic oxidation sites excluding steroid dienone is 2. The Kier molecular flexibility index (Phi) is 8.39. The van der Waals surface area contributed by atoms with Crippen molar-refractivity contribution < 1.29 is 14.6 Å². The molecule has 1 aliphatic carbocycles. The van der Waals surface area contributed by atoms with Crippen LogP contribution in [0.2, 0.25) is 0 Å². The maximum absolute atomic E-state index is 12.5. The van der Waals surface area contributed by atoms with Crippen molar-refractivity contribution in [2.75, 3.05) is 31.2 Å². The van der Waals surface area contributed by atoms with Crippen molar-refractivity contribution in [1.82, 2.24) is 20.6 Å². The summed E-state index contributed by atoms with van der Waals surface area (Å²) in [5.74, 6) is 0.885. The van der Waals surface area contributed by atoms with Gasteiger partial charge in [0.05, 0.1) is 25.3 Å². The van der Waals surface area contributed by atoms with Crippen LogP contribution in [0.5, 0.6) is 0 Å². The van der Waals surface area contributed by atoms with Gasteiger partial charge in [0, 0.05) is 36.4 Å². The van der Waals surface area contributed by atoms with Crippen molar-refractivity contribution in [1.29, 1.82) is 0 Å². The Morgan fingerprint density at radius 1 is 1.29 bits per heavy atom. The summed E-state index contributed by atoms with van der Waals surface area (Å²) >= 11 is 0. The van der Waals surface area contributed by atoms with Gasteiger partial charge in [-0.25, -0.2) is 9.97 Å². The summed E-state index contributed by atoms with van der Waals surface area (Å²) in [5.41, 5.74) is 8.12. The zero-order chi connectivity index (χ0) is 24.5. The summed E-state index contributed by atoms with van der Waals surface area (Å²) < 4.78 is 5.75. The van der Waals surface area contributed by atoms with Gasteiger partial charge < -0.3 is 31.1 Å². The molecule has 0 saturated heterocycles. The molecule has 2 unspecified atom stereocenters. The van der Waals surface area contributed by atoms with Crippen LogP contribution in [-0.2, 0) is 4.74 Å². The second-order valence-corrected chi connectivity index (χ2v) is 8.20. The van der Waals surface area contributed by atoms with Crippen molar-refractivity contribution in [2.24, 2.45) is 5.73 Å². The van der Waals surface area contributed by atoms with Gasteiger partial charge in [0.25, 0.3) is 5.91 Å². The van der Waals surface area contributed by atoms with Crippen LogP contribution < -0.4 is 21.3 Å². The van der Waals surface area contributed by atoms with Crippen LogP contribution in [0.3, 0.4) is 0 Å². The minimum Gasteiger partial charge on any atom is -0.493 e. The van der Waals surface area contributed by atoms with Gasteiger partial charge in [0.15, 0.2) is 0 Å². The van der Waals surface area contributed by atoms with Crippen LogP contribution in [0, 0.1) is 0 Å². The van der Waals surface area contributed by atoms with E-state index in [1.165, 1.54) is 12.4 Å². The van der Waals surface area contributed by atoms with Crippen LogP contribution in [0.4, 0.5) is 5.95 Å². The zero-order valence-electron chi connectivity index (χ0n) is 19.4. The third-order valence-corrected chi connectivity index (χ3v) is 5.59. The second kappa shape index (κ2) is 12.1. The fourth-order valence-corrected chi connectivity index (χ4v) is 3.59. The van der Waals surface area contributed by atoms with Crippen LogP contribution >= 0.6 is 0 Å². The van der Waals surface area contributed by atoms with E-state index in [9.17, 15) is 9.90 Å². The summed E-state index contributed by atoms with van der Waals surface area (Å²) in [6.45, 7) is 1.46.